The molecule has 0 bridgehead atoms. The highest BCUT2D eigenvalue weighted by Gasteiger charge is 2.25. The standard InChI is InChI=1S/C14H19F2N3O2/c1-10(2)13(20)19-8-6-18(7-9-19)12-11(21-14(15)16)4-3-5-17-12/h3-5,10,14H,6-9H2,1-2H3. The summed E-state index contributed by atoms with van der Waals surface area (Å²) in [5.74, 6) is 0.537. The van der Waals surface area contributed by atoms with Crippen LogP contribution in [-0.2, 0) is 4.79 Å². The molecule has 1 amide bonds. The summed E-state index contributed by atoms with van der Waals surface area (Å²) in [5, 5.41) is 0. The Morgan fingerprint density at radius 2 is 1.95 bits per heavy atom. The molecule has 0 spiro atoms. The Labute approximate surface area is 122 Å². The van der Waals surface area contributed by atoms with Crippen LogP contribution in [0.2, 0.25) is 0 Å². The maximum absolute atomic E-state index is 12.4. The second kappa shape index (κ2) is 6.69. The highest BCUT2D eigenvalue weighted by molar-refractivity contribution is 5.78. The largest absolute Gasteiger partial charge is 0.431 e. The van der Waals surface area contributed by atoms with Crippen molar-refractivity contribution in [2.75, 3.05) is 31.1 Å². The number of nitrogens with zero attached hydrogens (tertiary/aromatic N) is 3. The Kier molecular flexibility index (Phi) is 4.93. The fraction of sp³-hybridized carbons (Fsp3) is 0.571. The average Bonchev–Trinajstić information content (AvgIpc) is 2.46. The Balaban J connectivity index is 2.04. The van der Waals surface area contributed by atoms with Crippen molar-refractivity contribution >= 4 is 11.7 Å². The number of hydrogen-bond acceptors (Lipinski definition) is 4. The monoisotopic (exact) mass is 299 g/mol. The van der Waals surface area contributed by atoms with Gasteiger partial charge >= 0.3 is 6.61 Å². The van der Waals surface area contributed by atoms with E-state index in [0.717, 1.165) is 0 Å². The van der Waals surface area contributed by atoms with Gasteiger partial charge in [0.1, 0.15) is 0 Å². The molecule has 116 valence electrons. The zero-order chi connectivity index (χ0) is 15.4. The summed E-state index contributed by atoms with van der Waals surface area (Å²) < 4.78 is 29.3. The molecule has 2 heterocycles. The number of carbonyl (C=O) groups is 1. The van der Waals surface area contributed by atoms with Gasteiger partial charge in [-0.15, -0.1) is 0 Å². The number of pyridine rings is 1. The lowest BCUT2D eigenvalue weighted by atomic mass is 10.1. The fourth-order valence-corrected chi connectivity index (χ4v) is 2.31. The Morgan fingerprint density at radius 1 is 1.29 bits per heavy atom. The van der Waals surface area contributed by atoms with E-state index in [0.29, 0.717) is 32.0 Å². The molecule has 1 saturated heterocycles. The van der Waals surface area contributed by atoms with Crippen molar-refractivity contribution in [2.24, 2.45) is 5.92 Å². The van der Waals surface area contributed by atoms with Crippen LogP contribution in [0.4, 0.5) is 14.6 Å². The van der Waals surface area contributed by atoms with Crippen LogP contribution in [0.25, 0.3) is 0 Å². The van der Waals surface area contributed by atoms with Crippen molar-refractivity contribution in [2.45, 2.75) is 20.5 Å². The van der Waals surface area contributed by atoms with Gasteiger partial charge in [0.05, 0.1) is 0 Å². The molecule has 5 nitrogen and oxygen atoms in total. The van der Waals surface area contributed by atoms with Gasteiger partial charge in [-0.3, -0.25) is 4.79 Å². The molecule has 21 heavy (non-hydrogen) atoms. The number of anilines is 1. The molecule has 1 aliphatic heterocycles. The van der Waals surface area contributed by atoms with Crippen LogP contribution in [-0.4, -0.2) is 48.6 Å². The number of alkyl halides is 2. The predicted molar refractivity (Wildman–Crippen MR) is 74.5 cm³/mol. The summed E-state index contributed by atoms with van der Waals surface area (Å²) in [6, 6.07) is 3.03. The summed E-state index contributed by atoms with van der Waals surface area (Å²) >= 11 is 0. The summed E-state index contributed by atoms with van der Waals surface area (Å²) in [6.45, 7) is 3.06. The van der Waals surface area contributed by atoms with Crippen molar-refractivity contribution in [3.8, 4) is 5.75 Å². The minimum Gasteiger partial charge on any atom is -0.431 e. The third kappa shape index (κ3) is 3.80. The number of aromatic nitrogens is 1. The first-order valence-corrected chi connectivity index (χ1v) is 6.92. The highest BCUT2D eigenvalue weighted by atomic mass is 19.3. The van der Waals surface area contributed by atoms with Crippen LogP contribution in [0.1, 0.15) is 13.8 Å². The van der Waals surface area contributed by atoms with Gasteiger partial charge in [0.15, 0.2) is 11.6 Å². The van der Waals surface area contributed by atoms with Crippen LogP contribution in [0.5, 0.6) is 5.75 Å². The number of amides is 1. The first kappa shape index (κ1) is 15.5. The van der Waals surface area contributed by atoms with Crippen LogP contribution < -0.4 is 9.64 Å². The molecular weight excluding hydrogens is 280 g/mol. The molecule has 0 aromatic carbocycles. The first-order valence-electron chi connectivity index (χ1n) is 6.92. The quantitative estimate of drug-likeness (QED) is 0.853. The lowest BCUT2D eigenvalue weighted by Gasteiger charge is -2.36. The van der Waals surface area contributed by atoms with E-state index in [2.05, 4.69) is 9.72 Å². The van der Waals surface area contributed by atoms with E-state index in [9.17, 15) is 13.6 Å². The van der Waals surface area contributed by atoms with Crippen molar-refractivity contribution in [1.82, 2.24) is 9.88 Å². The number of piperazine rings is 1. The highest BCUT2D eigenvalue weighted by Crippen LogP contribution is 2.27. The molecule has 1 aromatic heterocycles. The topological polar surface area (TPSA) is 45.7 Å². The van der Waals surface area contributed by atoms with Gasteiger partial charge in [-0.05, 0) is 12.1 Å². The smallest absolute Gasteiger partial charge is 0.387 e. The Morgan fingerprint density at radius 3 is 2.52 bits per heavy atom. The molecule has 0 saturated carbocycles. The molecule has 0 radical (unpaired) electrons. The first-order chi connectivity index (χ1) is 9.99. The number of halogens is 2. The van der Waals surface area contributed by atoms with Crippen LogP contribution in [0, 0.1) is 5.92 Å². The van der Waals surface area contributed by atoms with Gasteiger partial charge in [-0.1, -0.05) is 13.8 Å². The van der Waals surface area contributed by atoms with Crippen molar-refractivity contribution in [3.63, 3.8) is 0 Å². The zero-order valence-corrected chi connectivity index (χ0v) is 12.1. The Bertz CT molecular complexity index is 489. The number of ether oxygens (including phenoxy) is 1. The van der Waals surface area contributed by atoms with Crippen molar-refractivity contribution < 1.29 is 18.3 Å². The van der Waals surface area contributed by atoms with Crippen LogP contribution in [0.15, 0.2) is 18.3 Å². The van der Waals surface area contributed by atoms with Gasteiger partial charge in [0, 0.05) is 38.3 Å². The predicted octanol–water partition coefficient (Wildman–Crippen LogP) is 1.99. The minimum absolute atomic E-state index is 0.0378. The molecule has 7 heteroatoms. The maximum atomic E-state index is 12.4. The zero-order valence-electron chi connectivity index (χ0n) is 12.1. The molecule has 0 atom stereocenters. The fourth-order valence-electron chi connectivity index (χ4n) is 2.31. The average molecular weight is 299 g/mol. The second-order valence-electron chi connectivity index (χ2n) is 5.17. The van der Waals surface area contributed by atoms with E-state index >= 15 is 0 Å². The Hall–Kier alpha value is -1.92. The van der Waals surface area contributed by atoms with E-state index in [1.807, 2.05) is 18.7 Å². The molecule has 0 N–H and O–H groups in total. The van der Waals surface area contributed by atoms with Gasteiger partial charge in [0.25, 0.3) is 0 Å². The van der Waals surface area contributed by atoms with Crippen LogP contribution in [0.3, 0.4) is 0 Å². The van der Waals surface area contributed by atoms with Gasteiger partial charge < -0.3 is 14.5 Å². The molecule has 1 aliphatic rings. The third-order valence-electron chi connectivity index (χ3n) is 3.35. The summed E-state index contributed by atoms with van der Waals surface area (Å²) in [4.78, 5) is 19.7. The van der Waals surface area contributed by atoms with Gasteiger partial charge in [-0.25, -0.2) is 4.98 Å². The summed E-state index contributed by atoms with van der Waals surface area (Å²) in [7, 11) is 0. The molecule has 0 unspecified atom stereocenters. The molecule has 0 aliphatic carbocycles. The molecule has 1 fully saturated rings. The van der Waals surface area contributed by atoms with E-state index in [-0.39, 0.29) is 17.6 Å². The maximum Gasteiger partial charge on any atom is 0.387 e. The van der Waals surface area contributed by atoms with Crippen molar-refractivity contribution in [3.05, 3.63) is 18.3 Å². The number of hydrogen-bond donors (Lipinski definition) is 0. The van der Waals surface area contributed by atoms with E-state index in [4.69, 9.17) is 0 Å². The third-order valence-corrected chi connectivity index (χ3v) is 3.35. The number of carbonyl (C=O) groups excluding carboxylic acids is 1. The molecular formula is C14H19F2N3O2. The lowest BCUT2D eigenvalue weighted by molar-refractivity contribution is -0.134. The van der Waals surface area contributed by atoms with E-state index in [1.165, 1.54) is 6.07 Å². The van der Waals surface area contributed by atoms with E-state index in [1.54, 1.807) is 17.2 Å². The minimum atomic E-state index is -2.88. The van der Waals surface area contributed by atoms with Crippen LogP contribution >= 0.6 is 0 Å². The van der Waals surface area contributed by atoms with E-state index < -0.39 is 6.61 Å². The normalized spacial score (nSPS) is 15.7. The molecule has 1 aromatic rings. The number of rotatable bonds is 4. The lowest BCUT2D eigenvalue weighted by Crippen LogP contribution is -2.50. The second-order valence-corrected chi connectivity index (χ2v) is 5.17. The molecule has 2 rings (SSSR count). The summed E-state index contributed by atoms with van der Waals surface area (Å²) in [5.41, 5.74) is 0. The SMILES string of the molecule is CC(C)C(=O)N1CCN(c2ncccc2OC(F)F)CC1. The van der Waals surface area contributed by atoms with Gasteiger partial charge in [-0.2, -0.15) is 8.78 Å². The van der Waals surface area contributed by atoms with Crippen molar-refractivity contribution in [1.29, 1.82) is 0 Å². The summed E-state index contributed by atoms with van der Waals surface area (Å²) in [6.07, 6.45) is 1.54. The van der Waals surface area contributed by atoms with Gasteiger partial charge in [0.2, 0.25) is 5.91 Å².